The van der Waals surface area contributed by atoms with Gasteiger partial charge < -0.3 is 0 Å². The SMILES string of the molecule is Cc1ccc(-c2ccccc2)c2sc3ccccc3c12. The lowest BCUT2D eigenvalue weighted by molar-refractivity contribution is 1.55. The first-order valence-corrected chi connectivity index (χ1v) is 7.62. The maximum absolute atomic E-state index is 2.25. The topological polar surface area (TPSA) is 0 Å². The molecule has 0 unspecified atom stereocenters. The zero-order chi connectivity index (χ0) is 13.5. The third kappa shape index (κ3) is 1.67. The van der Waals surface area contributed by atoms with E-state index in [1.165, 1.54) is 36.9 Å². The maximum Gasteiger partial charge on any atom is 0.0436 e. The lowest BCUT2D eigenvalue weighted by atomic mass is 9.99. The van der Waals surface area contributed by atoms with E-state index in [0.29, 0.717) is 0 Å². The van der Waals surface area contributed by atoms with Crippen LogP contribution in [0, 0.1) is 6.92 Å². The summed E-state index contributed by atoms with van der Waals surface area (Å²) < 4.78 is 2.77. The second-order valence-corrected chi connectivity index (χ2v) is 6.15. The molecule has 0 saturated carbocycles. The molecule has 0 radical (unpaired) electrons. The first kappa shape index (κ1) is 11.7. The van der Waals surface area contributed by atoms with Crippen LogP contribution in [0.4, 0.5) is 0 Å². The third-order valence-electron chi connectivity index (χ3n) is 3.82. The number of benzene rings is 3. The van der Waals surface area contributed by atoms with Crippen molar-refractivity contribution in [3.05, 3.63) is 72.3 Å². The van der Waals surface area contributed by atoms with Crippen molar-refractivity contribution in [3.8, 4) is 11.1 Å². The average molecular weight is 274 g/mol. The molecule has 1 aromatic heterocycles. The molecule has 4 rings (SSSR count). The second kappa shape index (κ2) is 4.46. The highest BCUT2D eigenvalue weighted by Gasteiger charge is 2.11. The van der Waals surface area contributed by atoms with Crippen molar-refractivity contribution < 1.29 is 0 Å². The van der Waals surface area contributed by atoms with Crippen molar-refractivity contribution in [2.75, 3.05) is 0 Å². The Bertz CT molecular complexity index is 901. The van der Waals surface area contributed by atoms with Crippen LogP contribution in [0.15, 0.2) is 66.7 Å². The van der Waals surface area contributed by atoms with E-state index in [0.717, 1.165) is 0 Å². The number of hydrogen-bond acceptors (Lipinski definition) is 1. The van der Waals surface area contributed by atoms with Crippen LogP contribution in [0.5, 0.6) is 0 Å². The standard InChI is InChI=1S/C19H14S/c1-13-11-12-15(14-7-3-2-4-8-14)19-18(13)16-9-5-6-10-17(16)20-19/h2-12H,1H3. The Morgan fingerprint density at radius 3 is 2.35 bits per heavy atom. The molecule has 96 valence electrons. The van der Waals surface area contributed by atoms with Crippen LogP contribution in [0.2, 0.25) is 0 Å². The molecule has 0 bridgehead atoms. The van der Waals surface area contributed by atoms with Crippen LogP contribution in [0.1, 0.15) is 5.56 Å². The summed E-state index contributed by atoms with van der Waals surface area (Å²) in [5.74, 6) is 0. The molecule has 0 aliphatic carbocycles. The van der Waals surface area contributed by atoms with Crippen molar-refractivity contribution in [3.63, 3.8) is 0 Å². The van der Waals surface area contributed by atoms with Crippen LogP contribution in [-0.4, -0.2) is 0 Å². The quantitative estimate of drug-likeness (QED) is 0.397. The predicted molar refractivity (Wildman–Crippen MR) is 89.5 cm³/mol. The molecule has 20 heavy (non-hydrogen) atoms. The highest BCUT2D eigenvalue weighted by atomic mass is 32.1. The Morgan fingerprint density at radius 2 is 1.50 bits per heavy atom. The van der Waals surface area contributed by atoms with E-state index in [2.05, 4.69) is 73.7 Å². The van der Waals surface area contributed by atoms with E-state index in [-0.39, 0.29) is 0 Å². The zero-order valence-electron chi connectivity index (χ0n) is 11.3. The van der Waals surface area contributed by atoms with Gasteiger partial charge >= 0.3 is 0 Å². The van der Waals surface area contributed by atoms with Gasteiger partial charge in [0.25, 0.3) is 0 Å². The monoisotopic (exact) mass is 274 g/mol. The van der Waals surface area contributed by atoms with Crippen LogP contribution in [-0.2, 0) is 0 Å². The number of fused-ring (bicyclic) bond motifs is 3. The Labute approximate surface area is 122 Å². The van der Waals surface area contributed by atoms with E-state index in [4.69, 9.17) is 0 Å². The fraction of sp³-hybridized carbons (Fsp3) is 0.0526. The predicted octanol–water partition coefficient (Wildman–Crippen LogP) is 6.03. The van der Waals surface area contributed by atoms with Gasteiger partial charge in [0.1, 0.15) is 0 Å². The van der Waals surface area contributed by atoms with E-state index in [1.807, 2.05) is 11.3 Å². The minimum Gasteiger partial charge on any atom is -0.135 e. The number of aryl methyl sites for hydroxylation is 1. The minimum atomic E-state index is 1.30. The Morgan fingerprint density at radius 1 is 0.750 bits per heavy atom. The first-order valence-electron chi connectivity index (χ1n) is 6.81. The van der Waals surface area contributed by atoms with Gasteiger partial charge in [0.15, 0.2) is 0 Å². The van der Waals surface area contributed by atoms with Crippen LogP contribution < -0.4 is 0 Å². The maximum atomic E-state index is 2.25. The smallest absolute Gasteiger partial charge is 0.0436 e. The van der Waals surface area contributed by atoms with Gasteiger partial charge in [0, 0.05) is 20.2 Å². The Hall–Kier alpha value is -2.12. The molecule has 1 heterocycles. The first-order chi connectivity index (χ1) is 9.84. The molecule has 0 atom stereocenters. The lowest BCUT2D eigenvalue weighted by Gasteiger charge is -2.05. The third-order valence-corrected chi connectivity index (χ3v) is 5.02. The summed E-state index contributed by atoms with van der Waals surface area (Å²) in [6.07, 6.45) is 0. The number of rotatable bonds is 1. The summed E-state index contributed by atoms with van der Waals surface area (Å²) in [6, 6.07) is 23.8. The Kier molecular flexibility index (Phi) is 2.61. The fourth-order valence-corrected chi connectivity index (χ4v) is 4.15. The molecular weight excluding hydrogens is 260 g/mol. The average Bonchev–Trinajstić information content (AvgIpc) is 2.88. The van der Waals surface area contributed by atoms with Gasteiger partial charge in [-0.1, -0.05) is 60.7 Å². The molecule has 3 aromatic carbocycles. The molecule has 0 nitrogen and oxygen atoms in total. The van der Waals surface area contributed by atoms with Gasteiger partial charge in [-0.3, -0.25) is 0 Å². The second-order valence-electron chi connectivity index (χ2n) is 5.10. The molecule has 4 aromatic rings. The summed E-state index contributed by atoms with van der Waals surface area (Å²) >= 11 is 1.90. The van der Waals surface area contributed by atoms with Gasteiger partial charge in [-0.25, -0.2) is 0 Å². The number of thiophene rings is 1. The molecule has 0 N–H and O–H groups in total. The molecule has 1 heteroatoms. The minimum absolute atomic E-state index is 1.30. The summed E-state index contributed by atoms with van der Waals surface area (Å²) in [7, 11) is 0. The fourth-order valence-electron chi connectivity index (χ4n) is 2.84. The number of hydrogen-bond donors (Lipinski definition) is 0. The van der Waals surface area contributed by atoms with Gasteiger partial charge in [-0.05, 0) is 29.7 Å². The lowest BCUT2D eigenvalue weighted by Crippen LogP contribution is -1.80. The molecule has 0 aliphatic heterocycles. The van der Waals surface area contributed by atoms with Crippen LogP contribution in [0.25, 0.3) is 31.3 Å². The molecule has 0 aliphatic rings. The van der Waals surface area contributed by atoms with Crippen molar-refractivity contribution in [1.82, 2.24) is 0 Å². The van der Waals surface area contributed by atoms with Gasteiger partial charge in [-0.2, -0.15) is 0 Å². The molecule has 0 saturated heterocycles. The summed E-state index contributed by atoms with van der Waals surface area (Å²) in [4.78, 5) is 0. The molecule has 0 spiro atoms. The van der Waals surface area contributed by atoms with Crippen molar-refractivity contribution >= 4 is 31.5 Å². The van der Waals surface area contributed by atoms with Crippen molar-refractivity contribution in [1.29, 1.82) is 0 Å². The summed E-state index contributed by atoms with van der Waals surface area (Å²) in [6.45, 7) is 2.20. The largest absolute Gasteiger partial charge is 0.135 e. The van der Waals surface area contributed by atoms with Gasteiger partial charge in [0.05, 0.1) is 0 Å². The highest BCUT2D eigenvalue weighted by Crippen LogP contribution is 2.41. The van der Waals surface area contributed by atoms with Crippen molar-refractivity contribution in [2.24, 2.45) is 0 Å². The molecule has 0 amide bonds. The normalized spacial score (nSPS) is 11.2. The van der Waals surface area contributed by atoms with E-state index in [9.17, 15) is 0 Å². The molecular formula is C19H14S. The van der Waals surface area contributed by atoms with Crippen LogP contribution in [0.3, 0.4) is 0 Å². The van der Waals surface area contributed by atoms with Gasteiger partial charge in [0.2, 0.25) is 0 Å². The Balaban J connectivity index is 2.16. The highest BCUT2D eigenvalue weighted by molar-refractivity contribution is 7.26. The molecule has 0 fully saturated rings. The zero-order valence-corrected chi connectivity index (χ0v) is 12.1. The van der Waals surface area contributed by atoms with Crippen molar-refractivity contribution in [2.45, 2.75) is 6.92 Å². The van der Waals surface area contributed by atoms with E-state index in [1.54, 1.807) is 0 Å². The van der Waals surface area contributed by atoms with Crippen LogP contribution >= 0.6 is 11.3 Å². The summed E-state index contributed by atoms with van der Waals surface area (Å²) in [5.41, 5.74) is 3.99. The summed E-state index contributed by atoms with van der Waals surface area (Å²) in [5, 5.41) is 2.79. The van der Waals surface area contributed by atoms with E-state index >= 15 is 0 Å². The van der Waals surface area contributed by atoms with E-state index < -0.39 is 0 Å². The van der Waals surface area contributed by atoms with Gasteiger partial charge in [-0.15, -0.1) is 11.3 Å².